The van der Waals surface area contributed by atoms with Gasteiger partial charge in [0.15, 0.2) is 0 Å². The first-order valence-electron chi connectivity index (χ1n) is 5.64. The van der Waals surface area contributed by atoms with Crippen LogP contribution in [0.4, 0.5) is 0 Å². The minimum absolute atomic E-state index is 0.225. The molecule has 0 aromatic heterocycles. The smallest absolute Gasteiger partial charge is 0.0446 e. The lowest BCUT2D eigenvalue weighted by molar-refractivity contribution is 0.332. The van der Waals surface area contributed by atoms with Crippen LogP contribution in [-0.2, 0) is 10.8 Å². The van der Waals surface area contributed by atoms with Gasteiger partial charge in [-0.2, -0.15) is 0 Å². The van der Waals surface area contributed by atoms with Crippen LogP contribution in [0.25, 0.3) is 0 Å². The molecule has 0 bridgehead atoms. The van der Waals surface area contributed by atoms with E-state index < -0.39 is 0 Å². The Labute approximate surface area is 97.6 Å². The third-order valence-electron chi connectivity index (χ3n) is 3.79. The van der Waals surface area contributed by atoms with E-state index in [9.17, 15) is 0 Å². The number of rotatable bonds is 0. The Morgan fingerprint density at radius 1 is 1.00 bits per heavy atom. The fraction of sp³-hybridized carbons (Fsp3) is 0.571. The van der Waals surface area contributed by atoms with Crippen LogP contribution in [0, 0.1) is 0 Å². The summed E-state index contributed by atoms with van der Waals surface area (Å²) < 4.78 is 0. The van der Waals surface area contributed by atoms with E-state index in [1.807, 2.05) is 6.07 Å². The summed E-state index contributed by atoms with van der Waals surface area (Å²) in [5.41, 5.74) is 3.30. The van der Waals surface area contributed by atoms with Gasteiger partial charge >= 0.3 is 0 Å². The van der Waals surface area contributed by atoms with Crippen molar-refractivity contribution in [3.05, 3.63) is 34.3 Å². The molecule has 1 aliphatic rings. The van der Waals surface area contributed by atoms with Gasteiger partial charge in [-0.15, -0.1) is 0 Å². The molecule has 0 heterocycles. The van der Waals surface area contributed by atoms with Gasteiger partial charge in [0.2, 0.25) is 0 Å². The molecular formula is C14H19Cl. The topological polar surface area (TPSA) is 0 Å². The average molecular weight is 223 g/mol. The fourth-order valence-corrected chi connectivity index (χ4v) is 3.09. The zero-order chi connectivity index (χ0) is 11.3. The maximum atomic E-state index is 6.35. The molecule has 0 atom stereocenters. The number of halogens is 1. The molecule has 2 rings (SSSR count). The average Bonchev–Trinajstić information content (AvgIpc) is 2.13. The van der Waals surface area contributed by atoms with Crippen molar-refractivity contribution in [3.8, 4) is 0 Å². The number of hydrogen-bond acceptors (Lipinski definition) is 0. The molecule has 0 aliphatic heterocycles. The van der Waals surface area contributed by atoms with E-state index in [0.29, 0.717) is 0 Å². The minimum atomic E-state index is 0.225. The summed E-state index contributed by atoms with van der Waals surface area (Å²) in [6, 6.07) is 6.33. The van der Waals surface area contributed by atoms with Crippen molar-refractivity contribution in [3.63, 3.8) is 0 Å². The molecule has 0 nitrogen and oxygen atoms in total. The van der Waals surface area contributed by atoms with Gasteiger partial charge in [0.05, 0.1) is 0 Å². The van der Waals surface area contributed by atoms with E-state index in [2.05, 4.69) is 39.8 Å². The summed E-state index contributed by atoms with van der Waals surface area (Å²) >= 11 is 6.35. The highest BCUT2D eigenvalue weighted by Gasteiger charge is 2.38. The lowest BCUT2D eigenvalue weighted by Crippen LogP contribution is -2.34. The second-order valence-electron chi connectivity index (χ2n) is 5.93. The van der Waals surface area contributed by atoms with Crippen LogP contribution in [0.2, 0.25) is 5.02 Å². The first-order valence-corrected chi connectivity index (χ1v) is 6.02. The van der Waals surface area contributed by atoms with Gasteiger partial charge in [0.25, 0.3) is 0 Å². The van der Waals surface area contributed by atoms with Gasteiger partial charge in [0.1, 0.15) is 0 Å². The van der Waals surface area contributed by atoms with Gasteiger partial charge in [-0.3, -0.25) is 0 Å². The molecule has 1 heteroatoms. The molecule has 1 aliphatic carbocycles. The van der Waals surface area contributed by atoms with Crippen molar-refractivity contribution in [2.24, 2.45) is 0 Å². The largest absolute Gasteiger partial charge is 0.0840 e. The molecule has 82 valence electrons. The molecule has 0 fully saturated rings. The second kappa shape index (κ2) is 3.25. The maximum absolute atomic E-state index is 6.35. The third-order valence-corrected chi connectivity index (χ3v) is 4.11. The quantitative estimate of drug-likeness (QED) is 0.598. The number of hydrogen-bond donors (Lipinski definition) is 0. The summed E-state index contributed by atoms with van der Waals surface area (Å²) in [7, 11) is 0. The van der Waals surface area contributed by atoms with Gasteiger partial charge in [-0.1, -0.05) is 51.4 Å². The predicted molar refractivity (Wildman–Crippen MR) is 66.7 cm³/mol. The van der Waals surface area contributed by atoms with Crippen LogP contribution >= 0.6 is 11.6 Å². The van der Waals surface area contributed by atoms with Crippen LogP contribution < -0.4 is 0 Å². The zero-order valence-corrected chi connectivity index (χ0v) is 10.8. The van der Waals surface area contributed by atoms with Crippen LogP contribution in [0.15, 0.2) is 18.2 Å². The first kappa shape index (κ1) is 11.0. The van der Waals surface area contributed by atoms with Gasteiger partial charge in [0, 0.05) is 5.02 Å². The van der Waals surface area contributed by atoms with E-state index in [0.717, 1.165) is 5.02 Å². The Hall–Kier alpha value is -0.490. The van der Waals surface area contributed by atoms with E-state index in [1.54, 1.807) is 0 Å². The molecular weight excluding hydrogens is 204 g/mol. The Morgan fingerprint density at radius 2 is 1.60 bits per heavy atom. The zero-order valence-electron chi connectivity index (χ0n) is 10.0. The highest BCUT2D eigenvalue weighted by Crippen LogP contribution is 2.48. The molecule has 0 spiro atoms. The fourth-order valence-electron chi connectivity index (χ4n) is 2.66. The molecule has 0 saturated carbocycles. The molecule has 0 N–H and O–H groups in total. The highest BCUT2D eigenvalue weighted by molar-refractivity contribution is 6.31. The molecule has 0 amide bonds. The normalized spacial score (nSPS) is 22.2. The Bertz CT molecular complexity index is 388. The Morgan fingerprint density at radius 3 is 2.20 bits per heavy atom. The molecule has 0 radical (unpaired) electrons. The predicted octanol–water partition coefficient (Wildman–Crippen LogP) is 4.69. The van der Waals surface area contributed by atoms with Gasteiger partial charge in [-0.25, -0.2) is 0 Å². The summed E-state index contributed by atoms with van der Waals surface area (Å²) in [5.74, 6) is 0. The standard InChI is InChI=1S/C14H19Cl/c1-13(2)8-9-14(3,4)12-10(13)6-5-7-11(12)15/h5-7H,8-9H2,1-4H3. The molecule has 0 saturated heterocycles. The van der Waals surface area contributed by atoms with Crippen molar-refractivity contribution in [2.75, 3.05) is 0 Å². The molecule has 0 unspecified atom stereocenters. The minimum Gasteiger partial charge on any atom is -0.0840 e. The number of fused-ring (bicyclic) bond motifs is 1. The second-order valence-corrected chi connectivity index (χ2v) is 6.34. The van der Waals surface area contributed by atoms with Crippen molar-refractivity contribution >= 4 is 11.6 Å². The van der Waals surface area contributed by atoms with Crippen LogP contribution in [0.1, 0.15) is 51.7 Å². The highest BCUT2D eigenvalue weighted by atomic mass is 35.5. The van der Waals surface area contributed by atoms with E-state index in [1.165, 1.54) is 24.0 Å². The van der Waals surface area contributed by atoms with E-state index >= 15 is 0 Å². The third kappa shape index (κ3) is 1.69. The first-order chi connectivity index (χ1) is 6.84. The van der Waals surface area contributed by atoms with Crippen molar-refractivity contribution in [1.29, 1.82) is 0 Å². The van der Waals surface area contributed by atoms with Crippen molar-refractivity contribution in [2.45, 2.75) is 51.4 Å². The van der Waals surface area contributed by atoms with E-state index in [-0.39, 0.29) is 10.8 Å². The summed E-state index contributed by atoms with van der Waals surface area (Å²) in [5, 5.41) is 0.935. The lowest BCUT2D eigenvalue weighted by atomic mass is 9.63. The Balaban J connectivity index is 2.70. The van der Waals surface area contributed by atoms with Crippen molar-refractivity contribution in [1.82, 2.24) is 0 Å². The molecule has 1 aromatic carbocycles. The lowest BCUT2D eigenvalue weighted by Gasteiger charge is -2.42. The molecule has 1 aromatic rings. The van der Waals surface area contributed by atoms with Gasteiger partial charge in [-0.05, 0) is 40.9 Å². The Kier molecular flexibility index (Phi) is 2.38. The SMILES string of the molecule is CC1(C)CCC(C)(C)c2c(Cl)cccc21. The van der Waals surface area contributed by atoms with Crippen LogP contribution in [-0.4, -0.2) is 0 Å². The summed E-state index contributed by atoms with van der Waals surface area (Å²) in [4.78, 5) is 0. The summed E-state index contributed by atoms with van der Waals surface area (Å²) in [6.07, 6.45) is 2.46. The van der Waals surface area contributed by atoms with Crippen LogP contribution in [0.5, 0.6) is 0 Å². The maximum Gasteiger partial charge on any atom is 0.0446 e. The summed E-state index contributed by atoms with van der Waals surface area (Å²) in [6.45, 7) is 9.23. The molecule has 15 heavy (non-hydrogen) atoms. The monoisotopic (exact) mass is 222 g/mol. The number of benzene rings is 1. The van der Waals surface area contributed by atoms with E-state index in [4.69, 9.17) is 11.6 Å². The van der Waals surface area contributed by atoms with Crippen molar-refractivity contribution < 1.29 is 0 Å². The van der Waals surface area contributed by atoms with Crippen LogP contribution in [0.3, 0.4) is 0 Å². The van der Waals surface area contributed by atoms with Gasteiger partial charge < -0.3 is 0 Å².